The molecular weight excluding hydrogens is 194 g/mol. The second kappa shape index (κ2) is 5.69. The lowest BCUT2D eigenvalue weighted by atomic mass is 10.1. The lowest BCUT2D eigenvalue weighted by molar-refractivity contribution is -0.133. The number of carbonyl (C=O) groups excluding carboxylic acids is 1. The third kappa shape index (κ3) is 2.91. The van der Waals surface area contributed by atoms with E-state index >= 15 is 0 Å². The third-order valence-electron chi connectivity index (χ3n) is 2.67. The first-order valence-electron chi connectivity index (χ1n) is 5.12. The molecule has 0 aromatic carbocycles. The summed E-state index contributed by atoms with van der Waals surface area (Å²) in [6.45, 7) is 3.71. The number of morpholine rings is 1. The highest BCUT2D eigenvalue weighted by molar-refractivity contribution is 5.81. The molecule has 1 saturated heterocycles. The van der Waals surface area contributed by atoms with E-state index in [1.54, 1.807) is 7.05 Å². The molecule has 0 aromatic heterocycles. The molecule has 1 rings (SSSR count). The lowest BCUT2D eigenvalue weighted by Gasteiger charge is -2.37. The third-order valence-corrected chi connectivity index (χ3v) is 2.67. The molecule has 0 bridgehead atoms. The van der Waals surface area contributed by atoms with Crippen LogP contribution in [0.25, 0.3) is 0 Å². The van der Waals surface area contributed by atoms with Crippen molar-refractivity contribution in [3.8, 4) is 6.07 Å². The zero-order chi connectivity index (χ0) is 11.3. The van der Waals surface area contributed by atoms with Gasteiger partial charge in [0.15, 0.2) is 0 Å². The van der Waals surface area contributed by atoms with E-state index in [-0.39, 0.29) is 18.0 Å². The van der Waals surface area contributed by atoms with E-state index in [1.165, 1.54) is 0 Å². The summed E-state index contributed by atoms with van der Waals surface area (Å²) in [7, 11) is 1.62. The van der Waals surface area contributed by atoms with Crippen LogP contribution in [0.4, 0.5) is 0 Å². The van der Waals surface area contributed by atoms with Crippen LogP contribution in [0.3, 0.4) is 0 Å². The zero-order valence-electron chi connectivity index (χ0n) is 9.19. The average Bonchev–Trinajstić information content (AvgIpc) is 2.28. The van der Waals surface area contributed by atoms with Crippen molar-refractivity contribution in [3.63, 3.8) is 0 Å². The molecule has 0 spiro atoms. The molecule has 0 saturated carbocycles. The predicted molar refractivity (Wildman–Crippen MR) is 55.1 cm³/mol. The van der Waals surface area contributed by atoms with Crippen LogP contribution in [0.15, 0.2) is 0 Å². The van der Waals surface area contributed by atoms with E-state index in [9.17, 15) is 4.79 Å². The molecule has 0 aromatic rings. The smallest absolute Gasteiger partial charge is 0.239 e. The number of nitrogens with one attached hydrogen (secondary N) is 1. The molecule has 0 aliphatic carbocycles. The van der Waals surface area contributed by atoms with E-state index in [0.29, 0.717) is 26.2 Å². The topological polar surface area (TPSA) is 65.4 Å². The van der Waals surface area contributed by atoms with E-state index in [2.05, 4.69) is 11.4 Å². The molecule has 1 N–H and O–H groups in total. The van der Waals surface area contributed by atoms with Crippen LogP contribution in [0.2, 0.25) is 0 Å². The lowest BCUT2D eigenvalue weighted by Crippen LogP contribution is -2.56. The van der Waals surface area contributed by atoms with Crippen LogP contribution in [0.1, 0.15) is 13.3 Å². The van der Waals surface area contributed by atoms with E-state index in [1.807, 2.05) is 11.8 Å². The van der Waals surface area contributed by atoms with Crippen molar-refractivity contribution < 1.29 is 9.53 Å². The first kappa shape index (κ1) is 12.0. The first-order chi connectivity index (χ1) is 7.20. The Kier molecular flexibility index (Phi) is 4.53. The molecule has 84 valence electrons. The molecule has 15 heavy (non-hydrogen) atoms. The Morgan fingerprint density at radius 2 is 2.53 bits per heavy atom. The summed E-state index contributed by atoms with van der Waals surface area (Å²) in [4.78, 5) is 13.6. The highest BCUT2D eigenvalue weighted by Crippen LogP contribution is 2.13. The van der Waals surface area contributed by atoms with Crippen molar-refractivity contribution >= 4 is 5.91 Å². The normalized spacial score (nSPS) is 24.2. The minimum Gasteiger partial charge on any atom is -0.378 e. The molecule has 1 heterocycles. The number of rotatable bonds is 3. The maximum absolute atomic E-state index is 11.6. The zero-order valence-corrected chi connectivity index (χ0v) is 9.19. The number of likely N-dealkylation sites (N-methyl/N-ethyl adjacent to an activating group) is 1. The summed E-state index contributed by atoms with van der Waals surface area (Å²) >= 11 is 0. The van der Waals surface area contributed by atoms with Crippen LogP contribution in [0.5, 0.6) is 0 Å². The van der Waals surface area contributed by atoms with E-state index in [0.717, 1.165) is 0 Å². The van der Waals surface area contributed by atoms with Gasteiger partial charge in [-0.05, 0) is 6.92 Å². The Labute approximate surface area is 90.0 Å². The van der Waals surface area contributed by atoms with Crippen molar-refractivity contribution in [1.82, 2.24) is 10.2 Å². The van der Waals surface area contributed by atoms with Crippen molar-refractivity contribution in [2.45, 2.75) is 25.4 Å². The Hall–Kier alpha value is -1.12. The standard InChI is InChI=1S/C10H17N3O2/c1-8(3-4-11)13-5-6-15-7-9(13)10(14)12-2/h8-9H,3,5-7H2,1-2H3,(H,12,14). The monoisotopic (exact) mass is 211 g/mol. The highest BCUT2D eigenvalue weighted by Gasteiger charge is 2.31. The van der Waals surface area contributed by atoms with Gasteiger partial charge in [0.25, 0.3) is 0 Å². The summed E-state index contributed by atoms with van der Waals surface area (Å²) in [5.74, 6) is -0.0421. The molecule has 1 amide bonds. The van der Waals surface area contributed by atoms with Gasteiger partial charge in [-0.2, -0.15) is 5.26 Å². The SMILES string of the molecule is CNC(=O)C1COCCN1C(C)CC#N. The fourth-order valence-corrected chi connectivity index (χ4v) is 1.79. The van der Waals surface area contributed by atoms with Gasteiger partial charge in [0.1, 0.15) is 6.04 Å². The summed E-state index contributed by atoms with van der Waals surface area (Å²) in [5, 5.41) is 11.3. The summed E-state index contributed by atoms with van der Waals surface area (Å²) in [6, 6.07) is 1.97. The van der Waals surface area contributed by atoms with Gasteiger partial charge in [-0.25, -0.2) is 0 Å². The second-order valence-corrected chi connectivity index (χ2v) is 3.65. The van der Waals surface area contributed by atoms with Crippen LogP contribution in [0, 0.1) is 11.3 Å². The highest BCUT2D eigenvalue weighted by atomic mass is 16.5. The maximum Gasteiger partial charge on any atom is 0.239 e. The van der Waals surface area contributed by atoms with E-state index in [4.69, 9.17) is 10.00 Å². The molecule has 2 atom stereocenters. The molecule has 2 unspecified atom stereocenters. The van der Waals surface area contributed by atoms with Crippen molar-refractivity contribution in [3.05, 3.63) is 0 Å². The largest absolute Gasteiger partial charge is 0.378 e. The van der Waals surface area contributed by atoms with Gasteiger partial charge in [0, 0.05) is 19.6 Å². The second-order valence-electron chi connectivity index (χ2n) is 3.65. The summed E-state index contributed by atoms with van der Waals surface area (Å²) in [5.41, 5.74) is 0. The molecule has 1 aliphatic heterocycles. The van der Waals surface area contributed by atoms with Crippen LogP contribution < -0.4 is 5.32 Å². The van der Waals surface area contributed by atoms with Gasteiger partial charge in [-0.15, -0.1) is 0 Å². The van der Waals surface area contributed by atoms with Crippen LogP contribution in [-0.4, -0.2) is 49.7 Å². The Balaban J connectivity index is 2.65. The van der Waals surface area contributed by atoms with Crippen LogP contribution in [-0.2, 0) is 9.53 Å². The molecule has 5 heteroatoms. The Bertz CT molecular complexity index is 262. The fraction of sp³-hybridized carbons (Fsp3) is 0.800. The fourth-order valence-electron chi connectivity index (χ4n) is 1.79. The molecular formula is C10H17N3O2. The quantitative estimate of drug-likeness (QED) is 0.698. The predicted octanol–water partition coefficient (Wildman–Crippen LogP) is -0.265. The number of carbonyl (C=O) groups is 1. The Morgan fingerprint density at radius 3 is 3.13 bits per heavy atom. The van der Waals surface area contributed by atoms with Crippen molar-refractivity contribution in [2.24, 2.45) is 0 Å². The molecule has 1 aliphatic rings. The first-order valence-corrected chi connectivity index (χ1v) is 5.12. The van der Waals surface area contributed by atoms with Crippen molar-refractivity contribution in [1.29, 1.82) is 5.26 Å². The average molecular weight is 211 g/mol. The maximum atomic E-state index is 11.6. The van der Waals surface area contributed by atoms with Gasteiger partial charge >= 0.3 is 0 Å². The molecule has 5 nitrogen and oxygen atoms in total. The number of hydrogen-bond donors (Lipinski definition) is 1. The number of nitriles is 1. The summed E-state index contributed by atoms with van der Waals surface area (Å²) < 4.78 is 5.28. The van der Waals surface area contributed by atoms with Crippen LogP contribution >= 0.6 is 0 Å². The Morgan fingerprint density at radius 1 is 1.80 bits per heavy atom. The number of hydrogen-bond acceptors (Lipinski definition) is 4. The minimum absolute atomic E-state index is 0.0421. The van der Waals surface area contributed by atoms with Gasteiger partial charge in [0.05, 0.1) is 25.7 Å². The summed E-state index contributed by atoms with van der Waals surface area (Å²) in [6.07, 6.45) is 0.438. The van der Waals surface area contributed by atoms with Gasteiger partial charge < -0.3 is 10.1 Å². The number of ether oxygens (including phenoxy) is 1. The van der Waals surface area contributed by atoms with Gasteiger partial charge in [-0.1, -0.05) is 0 Å². The van der Waals surface area contributed by atoms with E-state index < -0.39 is 0 Å². The number of amides is 1. The molecule has 1 fully saturated rings. The van der Waals surface area contributed by atoms with Crippen molar-refractivity contribution in [2.75, 3.05) is 26.8 Å². The minimum atomic E-state index is -0.257. The number of nitrogens with zero attached hydrogens (tertiary/aromatic N) is 2. The van der Waals surface area contributed by atoms with Gasteiger partial charge in [-0.3, -0.25) is 9.69 Å². The molecule has 0 radical (unpaired) electrons. The van der Waals surface area contributed by atoms with Gasteiger partial charge in [0.2, 0.25) is 5.91 Å².